The van der Waals surface area contributed by atoms with Crippen molar-refractivity contribution in [1.82, 2.24) is 0 Å². The van der Waals surface area contributed by atoms with Gasteiger partial charge in [0, 0.05) is 5.56 Å². The van der Waals surface area contributed by atoms with Crippen LogP contribution >= 0.6 is 0 Å². The van der Waals surface area contributed by atoms with E-state index in [1.165, 1.54) is 19.2 Å². The van der Waals surface area contributed by atoms with E-state index in [2.05, 4.69) is 0 Å². The summed E-state index contributed by atoms with van der Waals surface area (Å²) >= 11 is 0. The average molecular weight is 300 g/mol. The quantitative estimate of drug-likeness (QED) is 0.638. The standard InChI is InChI=1S/C16H12O6/c1-19-16(18)11-6-13-15(21-9-20-13)14(7-11)22-12-4-2-10(8-17)3-5-12/h2-8H,9H2,1H3. The summed E-state index contributed by atoms with van der Waals surface area (Å²) < 4.78 is 21.1. The molecule has 0 unspecified atom stereocenters. The van der Waals surface area contributed by atoms with Gasteiger partial charge in [-0.1, -0.05) is 0 Å². The molecule has 0 fully saturated rings. The summed E-state index contributed by atoms with van der Waals surface area (Å²) in [6.45, 7) is 0.0560. The van der Waals surface area contributed by atoms with Gasteiger partial charge in [0.2, 0.25) is 12.5 Å². The second-order valence-electron chi connectivity index (χ2n) is 4.49. The molecule has 0 spiro atoms. The molecule has 1 heterocycles. The Morgan fingerprint density at radius 3 is 2.64 bits per heavy atom. The maximum atomic E-state index is 11.7. The number of carbonyl (C=O) groups excluding carboxylic acids is 2. The highest BCUT2D eigenvalue weighted by Gasteiger charge is 2.23. The number of fused-ring (bicyclic) bond motifs is 1. The van der Waals surface area contributed by atoms with Gasteiger partial charge in [0.05, 0.1) is 12.7 Å². The van der Waals surface area contributed by atoms with Crippen LogP contribution in [0.25, 0.3) is 0 Å². The first-order chi connectivity index (χ1) is 10.7. The highest BCUT2D eigenvalue weighted by Crippen LogP contribution is 2.43. The van der Waals surface area contributed by atoms with E-state index in [1.807, 2.05) is 0 Å². The molecule has 0 amide bonds. The fourth-order valence-corrected chi connectivity index (χ4v) is 2.03. The second kappa shape index (κ2) is 5.77. The van der Waals surface area contributed by atoms with E-state index in [0.717, 1.165) is 6.29 Å². The lowest BCUT2D eigenvalue weighted by Crippen LogP contribution is -2.01. The maximum absolute atomic E-state index is 11.7. The van der Waals surface area contributed by atoms with Crippen molar-refractivity contribution < 1.29 is 28.5 Å². The molecule has 0 radical (unpaired) electrons. The van der Waals surface area contributed by atoms with E-state index >= 15 is 0 Å². The Labute approximate surface area is 126 Å². The van der Waals surface area contributed by atoms with Crippen molar-refractivity contribution in [3.05, 3.63) is 47.5 Å². The van der Waals surface area contributed by atoms with E-state index in [-0.39, 0.29) is 6.79 Å². The Kier molecular flexibility index (Phi) is 3.65. The van der Waals surface area contributed by atoms with Gasteiger partial charge in [0.1, 0.15) is 12.0 Å². The first kappa shape index (κ1) is 13.9. The van der Waals surface area contributed by atoms with Gasteiger partial charge in [-0.3, -0.25) is 4.79 Å². The molecule has 6 heteroatoms. The van der Waals surface area contributed by atoms with E-state index in [1.54, 1.807) is 24.3 Å². The Morgan fingerprint density at radius 2 is 1.95 bits per heavy atom. The summed E-state index contributed by atoms with van der Waals surface area (Å²) in [6.07, 6.45) is 0.746. The SMILES string of the molecule is COC(=O)c1cc2c(c(Oc3ccc(C=O)cc3)c1)OCO2. The van der Waals surface area contributed by atoms with E-state index in [4.69, 9.17) is 18.9 Å². The highest BCUT2D eigenvalue weighted by atomic mass is 16.7. The lowest BCUT2D eigenvalue weighted by atomic mass is 10.2. The van der Waals surface area contributed by atoms with Crippen LogP contribution in [-0.2, 0) is 4.74 Å². The van der Waals surface area contributed by atoms with E-state index in [9.17, 15) is 9.59 Å². The molecule has 2 aromatic rings. The fourth-order valence-electron chi connectivity index (χ4n) is 2.03. The molecule has 0 aliphatic carbocycles. The first-order valence-electron chi connectivity index (χ1n) is 6.46. The maximum Gasteiger partial charge on any atom is 0.338 e. The molecule has 0 saturated heterocycles. The smallest absolute Gasteiger partial charge is 0.338 e. The number of aldehydes is 1. The zero-order valence-electron chi connectivity index (χ0n) is 11.7. The van der Waals surface area contributed by atoms with Crippen molar-refractivity contribution in [3.8, 4) is 23.0 Å². The average Bonchev–Trinajstić information content (AvgIpc) is 3.03. The highest BCUT2D eigenvalue weighted by molar-refractivity contribution is 5.91. The van der Waals surface area contributed by atoms with Crippen LogP contribution in [0.5, 0.6) is 23.0 Å². The van der Waals surface area contributed by atoms with Crippen molar-refractivity contribution in [2.75, 3.05) is 13.9 Å². The van der Waals surface area contributed by atoms with Crippen LogP contribution in [0.2, 0.25) is 0 Å². The van der Waals surface area contributed by atoms with Gasteiger partial charge in [-0.2, -0.15) is 0 Å². The molecular weight excluding hydrogens is 288 g/mol. The Hall–Kier alpha value is -3.02. The molecule has 6 nitrogen and oxygen atoms in total. The second-order valence-corrected chi connectivity index (χ2v) is 4.49. The predicted octanol–water partition coefficient (Wildman–Crippen LogP) is 2.81. The third kappa shape index (κ3) is 2.58. The normalized spacial score (nSPS) is 11.9. The van der Waals surface area contributed by atoms with E-state index < -0.39 is 5.97 Å². The first-order valence-corrected chi connectivity index (χ1v) is 6.46. The monoisotopic (exact) mass is 300 g/mol. The number of esters is 1. The summed E-state index contributed by atoms with van der Waals surface area (Å²) in [5.74, 6) is 1.19. The van der Waals surface area contributed by atoms with Crippen LogP contribution in [0.1, 0.15) is 20.7 Å². The van der Waals surface area contributed by atoms with Crippen molar-refractivity contribution >= 4 is 12.3 Å². The molecule has 0 atom stereocenters. The summed E-state index contributed by atoms with van der Waals surface area (Å²) in [5, 5.41) is 0. The number of ether oxygens (including phenoxy) is 4. The molecule has 0 saturated carbocycles. The van der Waals surface area contributed by atoms with Gasteiger partial charge >= 0.3 is 5.97 Å². The number of rotatable bonds is 4. The van der Waals surface area contributed by atoms with Crippen molar-refractivity contribution in [3.63, 3.8) is 0 Å². The van der Waals surface area contributed by atoms with Crippen LogP contribution in [0, 0.1) is 0 Å². The largest absolute Gasteiger partial charge is 0.465 e. The summed E-state index contributed by atoms with van der Waals surface area (Å²) in [4.78, 5) is 22.3. The van der Waals surface area contributed by atoms with Gasteiger partial charge in [-0.25, -0.2) is 4.79 Å². The van der Waals surface area contributed by atoms with Crippen LogP contribution < -0.4 is 14.2 Å². The summed E-state index contributed by atoms with van der Waals surface area (Å²) in [6, 6.07) is 9.62. The third-order valence-corrected chi connectivity index (χ3v) is 3.10. The molecule has 22 heavy (non-hydrogen) atoms. The fraction of sp³-hybridized carbons (Fsp3) is 0.125. The van der Waals surface area contributed by atoms with Gasteiger partial charge in [-0.15, -0.1) is 0 Å². The van der Waals surface area contributed by atoms with Crippen LogP contribution in [-0.4, -0.2) is 26.2 Å². The van der Waals surface area contributed by atoms with Gasteiger partial charge in [0.25, 0.3) is 0 Å². The molecule has 0 N–H and O–H groups in total. The molecule has 2 aromatic carbocycles. The van der Waals surface area contributed by atoms with Crippen molar-refractivity contribution in [2.24, 2.45) is 0 Å². The lowest BCUT2D eigenvalue weighted by Gasteiger charge is -2.10. The lowest BCUT2D eigenvalue weighted by molar-refractivity contribution is 0.0600. The minimum absolute atomic E-state index is 0.0560. The van der Waals surface area contributed by atoms with Crippen LogP contribution in [0.4, 0.5) is 0 Å². The van der Waals surface area contributed by atoms with Crippen molar-refractivity contribution in [1.29, 1.82) is 0 Å². The zero-order valence-corrected chi connectivity index (χ0v) is 11.7. The number of benzene rings is 2. The minimum atomic E-state index is -0.501. The molecule has 1 aliphatic heterocycles. The Balaban J connectivity index is 1.96. The number of carbonyl (C=O) groups is 2. The number of methoxy groups -OCH3 is 1. The third-order valence-electron chi connectivity index (χ3n) is 3.10. The number of hydrogen-bond donors (Lipinski definition) is 0. The topological polar surface area (TPSA) is 71.1 Å². The molecule has 112 valence electrons. The summed E-state index contributed by atoms with van der Waals surface area (Å²) in [5.41, 5.74) is 0.840. The minimum Gasteiger partial charge on any atom is -0.465 e. The molecule has 0 aromatic heterocycles. The van der Waals surface area contributed by atoms with Gasteiger partial charge in [0.15, 0.2) is 11.5 Å². The van der Waals surface area contributed by atoms with Crippen LogP contribution in [0.15, 0.2) is 36.4 Å². The molecule has 0 bridgehead atoms. The van der Waals surface area contributed by atoms with Crippen LogP contribution in [0.3, 0.4) is 0 Å². The van der Waals surface area contributed by atoms with Gasteiger partial charge in [-0.05, 0) is 36.4 Å². The molecule has 1 aliphatic rings. The summed E-state index contributed by atoms with van der Waals surface area (Å²) in [7, 11) is 1.30. The Morgan fingerprint density at radius 1 is 1.18 bits per heavy atom. The Bertz CT molecular complexity index is 720. The van der Waals surface area contributed by atoms with E-state index in [0.29, 0.717) is 34.1 Å². The molecular formula is C16H12O6. The van der Waals surface area contributed by atoms with Gasteiger partial charge < -0.3 is 18.9 Å². The molecule has 3 rings (SSSR count). The zero-order chi connectivity index (χ0) is 15.5. The van der Waals surface area contributed by atoms with Crippen molar-refractivity contribution in [2.45, 2.75) is 0 Å². The number of hydrogen-bond acceptors (Lipinski definition) is 6. The predicted molar refractivity (Wildman–Crippen MR) is 75.8 cm³/mol.